The highest BCUT2D eigenvalue weighted by atomic mass is 19.4. The zero-order valence-electron chi connectivity index (χ0n) is 19.0. The molecule has 1 amide bonds. The number of nitrogens with one attached hydrogen (secondary N) is 1. The molecule has 0 saturated heterocycles. The third-order valence-electron chi connectivity index (χ3n) is 6.19. The van der Waals surface area contributed by atoms with Gasteiger partial charge in [-0.15, -0.1) is 0 Å². The van der Waals surface area contributed by atoms with Crippen LogP contribution in [0.2, 0.25) is 0 Å². The van der Waals surface area contributed by atoms with Crippen molar-refractivity contribution in [1.82, 2.24) is 15.1 Å². The lowest BCUT2D eigenvalue weighted by atomic mass is 9.69. The zero-order valence-corrected chi connectivity index (χ0v) is 19.0. The van der Waals surface area contributed by atoms with Crippen LogP contribution < -0.4 is 16.8 Å². The van der Waals surface area contributed by atoms with Crippen LogP contribution in [0.4, 0.5) is 13.2 Å². The molecule has 3 rings (SSSR count). The monoisotopic (exact) mass is 474 g/mol. The van der Waals surface area contributed by atoms with E-state index in [2.05, 4.69) is 22.0 Å². The van der Waals surface area contributed by atoms with Crippen molar-refractivity contribution >= 4 is 17.9 Å². The fourth-order valence-corrected chi connectivity index (χ4v) is 4.28. The molecule has 1 fully saturated rings. The van der Waals surface area contributed by atoms with Gasteiger partial charge in [0.15, 0.2) is 11.6 Å². The fraction of sp³-hybridized carbons (Fsp3) is 0.375. The molecule has 1 aliphatic carbocycles. The summed E-state index contributed by atoms with van der Waals surface area (Å²) >= 11 is 0. The molecule has 1 heterocycles. The van der Waals surface area contributed by atoms with Gasteiger partial charge in [0.05, 0.1) is 16.8 Å². The average molecular weight is 475 g/mol. The lowest BCUT2D eigenvalue weighted by Crippen LogP contribution is -2.42. The fourth-order valence-electron chi connectivity index (χ4n) is 4.28. The van der Waals surface area contributed by atoms with Crippen LogP contribution in [0.5, 0.6) is 0 Å². The van der Waals surface area contributed by atoms with Crippen LogP contribution in [0.3, 0.4) is 0 Å². The van der Waals surface area contributed by atoms with Crippen molar-refractivity contribution in [2.45, 2.75) is 50.6 Å². The number of rotatable bonds is 7. The average Bonchev–Trinajstić information content (AvgIpc) is 3.22. The van der Waals surface area contributed by atoms with Crippen molar-refractivity contribution in [3.05, 3.63) is 71.3 Å². The Morgan fingerprint density at radius 2 is 1.88 bits per heavy atom. The van der Waals surface area contributed by atoms with E-state index in [1.807, 2.05) is 0 Å². The van der Waals surface area contributed by atoms with E-state index in [0.29, 0.717) is 17.8 Å². The normalized spacial score (nSPS) is 16.8. The highest BCUT2D eigenvalue weighted by Gasteiger charge is 2.36. The summed E-state index contributed by atoms with van der Waals surface area (Å²) in [6.45, 7) is 5.49. The number of carbonyl (C=O) groups is 1. The predicted molar refractivity (Wildman–Crippen MR) is 126 cm³/mol. The minimum atomic E-state index is -4.39. The highest BCUT2D eigenvalue weighted by molar-refractivity contribution is 5.95. The number of nitrogens with two attached hydrogens (primary N) is 2. The summed E-state index contributed by atoms with van der Waals surface area (Å²) in [6.07, 6.45) is 4.43. The number of amides is 1. The second kappa shape index (κ2) is 10.1. The Kier molecular flexibility index (Phi) is 7.48. The van der Waals surface area contributed by atoms with E-state index in [9.17, 15) is 18.0 Å². The van der Waals surface area contributed by atoms with Gasteiger partial charge in [-0.1, -0.05) is 44.1 Å². The van der Waals surface area contributed by atoms with Gasteiger partial charge in [-0.2, -0.15) is 18.3 Å². The van der Waals surface area contributed by atoms with Crippen LogP contribution in [0.15, 0.2) is 53.9 Å². The summed E-state index contributed by atoms with van der Waals surface area (Å²) in [7, 11) is 0. The van der Waals surface area contributed by atoms with Crippen LogP contribution in [-0.2, 0) is 11.6 Å². The minimum absolute atomic E-state index is 0.0258. The largest absolute Gasteiger partial charge is 0.416 e. The summed E-state index contributed by atoms with van der Waals surface area (Å²) in [5.41, 5.74) is 12.3. The Bertz CT molecular complexity index is 1090. The second-order valence-electron chi connectivity index (χ2n) is 8.46. The van der Waals surface area contributed by atoms with Gasteiger partial charge in [-0.25, -0.2) is 9.67 Å². The Morgan fingerprint density at radius 3 is 2.47 bits per heavy atom. The number of halogens is 3. The van der Waals surface area contributed by atoms with Crippen molar-refractivity contribution in [2.75, 3.05) is 6.54 Å². The molecular formula is C24H29F3N6O. The lowest BCUT2D eigenvalue weighted by Gasteiger charge is -2.38. The third-order valence-corrected chi connectivity index (χ3v) is 6.19. The van der Waals surface area contributed by atoms with Crippen molar-refractivity contribution in [1.29, 1.82) is 0 Å². The van der Waals surface area contributed by atoms with Gasteiger partial charge in [-0.3, -0.25) is 4.79 Å². The smallest absolute Gasteiger partial charge is 0.381 e. The molecule has 10 heteroatoms. The zero-order chi connectivity index (χ0) is 24.9. The molecule has 0 aliphatic heterocycles. The summed E-state index contributed by atoms with van der Waals surface area (Å²) < 4.78 is 40.3. The number of benzene rings is 1. The SMILES string of the molecule is C=C/C=N\C(N)=C(/N)n1cc(C(=O)NCC2(c3ccc(C(F)(F)F)cc3)CCCCC2)c(C)n1. The molecule has 0 bridgehead atoms. The van der Waals surface area contributed by atoms with Crippen LogP contribution >= 0.6 is 0 Å². The first-order chi connectivity index (χ1) is 16.1. The number of hydrogen-bond acceptors (Lipinski definition) is 5. The molecule has 0 spiro atoms. The van der Waals surface area contributed by atoms with Gasteiger partial charge in [0.25, 0.3) is 5.91 Å². The van der Waals surface area contributed by atoms with Gasteiger partial charge in [0.1, 0.15) is 0 Å². The molecule has 0 atom stereocenters. The standard InChI is InChI=1S/C24H29F3N6O/c1-3-13-30-20(28)21(29)33-14-19(16(2)32-33)22(34)31-15-23(11-5-4-6-12-23)17-7-9-18(10-8-17)24(25,26)27/h3,7-10,13-14H,1,4-6,11-12,15,28-29H2,2H3,(H,31,34)/b21-20+,30-13-. The number of carbonyl (C=O) groups excluding carboxylic acids is 1. The number of aliphatic imine (C=N–C) groups is 1. The number of allylic oxidation sites excluding steroid dienone is 1. The van der Waals surface area contributed by atoms with E-state index >= 15 is 0 Å². The van der Waals surface area contributed by atoms with E-state index in [1.54, 1.807) is 6.92 Å². The number of nitrogens with zero attached hydrogens (tertiary/aromatic N) is 3. The molecule has 1 aromatic heterocycles. The number of aryl methyl sites for hydroxylation is 1. The summed E-state index contributed by atoms with van der Waals surface area (Å²) in [5, 5.41) is 7.21. The molecular weight excluding hydrogens is 445 g/mol. The number of aromatic nitrogens is 2. The molecule has 0 radical (unpaired) electrons. The number of hydrogen-bond donors (Lipinski definition) is 3. The quantitative estimate of drug-likeness (QED) is 0.525. The van der Waals surface area contributed by atoms with Crippen LogP contribution in [0.1, 0.15) is 59.3 Å². The molecule has 182 valence electrons. The first-order valence-corrected chi connectivity index (χ1v) is 11.0. The van der Waals surface area contributed by atoms with Gasteiger partial charge in [0, 0.05) is 24.4 Å². The summed E-state index contributed by atoms with van der Waals surface area (Å²) in [5.74, 6) is -0.256. The molecule has 1 saturated carbocycles. The summed E-state index contributed by atoms with van der Waals surface area (Å²) in [4.78, 5) is 16.9. The topological polar surface area (TPSA) is 111 Å². The predicted octanol–water partition coefficient (Wildman–Crippen LogP) is 4.10. The highest BCUT2D eigenvalue weighted by Crippen LogP contribution is 2.40. The van der Waals surface area contributed by atoms with Crippen LogP contribution in [0.25, 0.3) is 5.82 Å². The van der Waals surface area contributed by atoms with Crippen molar-refractivity contribution in [3.63, 3.8) is 0 Å². The molecule has 0 unspecified atom stereocenters. The minimum Gasteiger partial charge on any atom is -0.381 e. The maximum absolute atomic E-state index is 13.0. The first-order valence-electron chi connectivity index (χ1n) is 11.0. The maximum Gasteiger partial charge on any atom is 0.416 e. The number of alkyl halides is 3. The molecule has 1 aliphatic rings. The maximum atomic E-state index is 13.0. The van der Waals surface area contributed by atoms with Crippen LogP contribution in [-0.4, -0.2) is 28.4 Å². The molecule has 34 heavy (non-hydrogen) atoms. The van der Waals surface area contributed by atoms with E-state index in [-0.39, 0.29) is 17.5 Å². The molecule has 2 aromatic rings. The first kappa shape index (κ1) is 25.1. The second-order valence-corrected chi connectivity index (χ2v) is 8.46. The lowest BCUT2D eigenvalue weighted by molar-refractivity contribution is -0.137. The molecule has 5 N–H and O–H groups in total. The van der Waals surface area contributed by atoms with Gasteiger partial charge >= 0.3 is 6.18 Å². The van der Waals surface area contributed by atoms with Crippen molar-refractivity contribution in [2.24, 2.45) is 16.5 Å². The van der Waals surface area contributed by atoms with E-state index in [4.69, 9.17) is 11.5 Å². The van der Waals surface area contributed by atoms with E-state index in [0.717, 1.165) is 49.8 Å². The summed E-state index contributed by atoms with van der Waals surface area (Å²) in [6, 6.07) is 5.27. The van der Waals surface area contributed by atoms with Gasteiger partial charge < -0.3 is 16.8 Å². The molecule has 1 aromatic carbocycles. The Hall–Kier alpha value is -3.56. The van der Waals surface area contributed by atoms with Gasteiger partial charge in [-0.05, 0) is 37.5 Å². The van der Waals surface area contributed by atoms with E-state index in [1.165, 1.54) is 35.3 Å². The third kappa shape index (κ3) is 5.49. The van der Waals surface area contributed by atoms with Crippen molar-refractivity contribution in [3.8, 4) is 0 Å². The Morgan fingerprint density at radius 1 is 1.24 bits per heavy atom. The Labute approximate surface area is 196 Å². The van der Waals surface area contributed by atoms with Crippen LogP contribution in [0, 0.1) is 6.92 Å². The van der Waals surface area contributed by atoms with Crippen molar-refractivity contribution < 1.29 is 18.0 Å². The van der Waals surface area contributed by atoms with Gasteiger partial charge in [0.2, 0.25) is 0 Å². The Balaban J connectivity index is 1.80. The van der Waals surface area contributed by atoms with E-state index < -0.39 is 17.2 Å². The molecule has 7 nitrogen and oxygen atoms in total.